The summed E-state index contributed by atoms with van der Waals surface area (Å²) in [6, 6.07) is 1.32. The summed E-state index contributed by atoms with van der Waals surface area (Å²) >= 11 is 2.36. The second kappa shape index (κ2) is 6.43. The Labute approximate surface area is 85.2 Å². The highest BCUT2D eigenvalue weighted by atomic mass is 127. The third kappa shape index (κ3) is 7.27. The van der Waals surface area contributed by atoms with E-state index in [1.54, 1.807) is 0 Å². The van der Waals surface area contributed by atoms with Crippen LogP contribution < -0.4 is 0 Å². The fourth-order valence-electron chi connectivity index (χ4n) is 0.990. The molecule has 0 aromatic carbocycles. The van der Waals surface area contributed by atoms with Crippen LogP contribution in [0.15, 0.2) is 0 Å². The Morgan fingerprint density at radius 1 is 1.36 bits per heavy atom. The van der Waals surface area contributed by atoms with Gasteiger partial charge < -0.3 is 4.43 Å². The predicted molar refractivity (Wildman–Crippen MR) is 62.0 cm³/mol. The van der Waals surface area contributed by atoms with Crippen molar-refractivity contribution in [2.24, 2.45) is 0 Å². The van der Waals surface area contributed by atoms with E-state index < -0.39 is 8.32 Å². The first-order valence-electron chi connectivity index (χ1n) is 4.32. The first-order valence-corrected chi connectivity index (χ1v) is 8.96. The summed E-state index contributed by atoms with van der Waals surface area (Å²) in [5.41, 5.74) is 0. The monoisotopic (exact) mass is 286 g/mol. The van der Waals surface area contributed by atoms with Gasteiger partial charge in [-0.15, -0.1) is 0 Å². The van der Waals surface area contributed by atoms with Gasteiger partial charge in [0.1, 0.15) is 0 Å². The van der Waals surface area contributed by atoms with Crippen molar-refractivity contribution in [3.8, 4) is 0 Å². The van der Waals surface area contributed by atoms with Crippen molar-refractivity contribution in [3.05, 3.63) is 0 Å². The Kier molecular flexibility index (Phi) is 6.96. The van der Waals surface area contributed by atoms with Gasteiger partial charge in [-0.05, 0) is 19.1 Å². The van der Waals surface area contributed by atoms with E-state index in [-0.39, 0.29) is 0 Å². The van der Waals surface area contributed by atoms with Crippen LogP contribution in [0.25, 0.3) is 0 Å². The molecule has 0 aliphatic heterocycles. The lowest BCUT2D eigenvalue weighted by Gasteiger charge is -2.21. The Morgan fingerprint density at radius 3 is 2.45 bits per heavy atom. The summed E-state index contributed by atoms with van der Waals surface area (Å²) in [5.74, 6) is 0. The quantitative estimate of drug-likeness (QED) is 0.413. The molecule has 0 saturated heterocycles. The first-order chi connectivity index (χ1) is 5.12. The van der Waals surface area contributed by atoms with E-state index in [1.807, 2.05) is 0 Å². The summed E-state index contributed by atoms with van der Waals surface area (Å²) < 4.78 is 6.94. The molecule has 0 N–H and O–H groups in total. The van der Waals surface area contributed by atoms with Crippen molar-refractivity contribution in [2.75, 3.05) is 11.0 Å². The molecule has 0 aliphatic carbocycles. The molecule has 0 bridgehead atoms. The van der Waals surface area contributed by atoms with Crippen LogP contribution in [-0.2, 0) is 4.43 Å². The standard InChI is InChI=1S/C8H19IOSi/c1-4-5-8-11(2,3)10-7-6-9/h4-8H2,1-3H3. The topological polar surface area (TPSA) is 9.23 Å². The highest BCUT2D eigenvalue weighted by molar-refractivity contribution is 14.1. The van der Waals surface area contributed by atoms with E-state index >= 15 is 0 Å². The summed E-state index contributed by atoms with van der Waals surface area (Å²) in [6.07, 6.45) is 2.63. The van der Waals surface area contributed by atoms with Crippen LogP contribution in [0.5, 0.6) is 0 Å². The molecule has 0 aromatic rings. The zero-order valence-electron chi connectivity index (χ0n) is 7.82. The van der Waals surface area contributed by atoms with Gasteiger partial charge >= 0.3 is 0 Å². The number of hydrogen-bond acceptors (Lipinski definition) is 1. The molecule has 0 atom stereocenters. The first kappa shape index (κ1) is 11.9. The number of hydrogen-bond donors (Lipinski definition) is 0. The maximum atomic E-state index is 5.81. The molecule has 0 aromatic heterocycles. The molecule has 0 radical (unpaired) electrons. The summed E-state index contributed by atoms with van der Waals surface area (Å²) in [5, 5.41) is 0. The predicted octanol–water partition coefficient (Wildman–Crippen LogP) is 3.44. The van der Waals surface area contributed by atoms with Crippen molar-refractivity contribution >= 4 is 30.9 Å². The van der Waals surface area contributed by atoms with Crippen LogP contribution in [0, 0.1) is 0 Å². The Hall–Kier alpha value is 0.907. The van der Waals surface area contributed by atoms with Crippen LogP contribution in [0.3, 0.4) is 0 Å². The molecule has 1 nitrogen and oxygen atoms in total. The average Bonchev–Trinajstić information content (AvgIpc) is 1.97. The smallest absolute Gasteiger partial charge is 0.186 e. The van der Waals surface area contributed by atoms with E-state index in [0.717, 1.165) is 11.0 Å². The highest BCUT2D eigenvalue weighted by Crippen LogP contribution is 2.14. The zero-order valence-corrected chi connectivity index (χ0v) is 11.0. The van der Waals surface area contributed by atoms with Crippen LogP contribution in [0.1, 0.15) is 19.8 Å². The van der Waals surface area contributed by atoms with Gasteiger partial charge in [-0.2, -0.15) is 0 Å². The van der Waals surface area contributed by atoms with Crippen LogP contribution >= 0.6 is 22.6 Å². The zero-order chi connectivity index (χ0) is 8.74. The van der Waals surface area contributed by atoms with Gasteiger partial charge in [0.15, 0.2) is 8.32 Å². The van der Waals surface area contributed by atoms with Gasteiger partial charge in [0.25, 0.3) is 0 Å². The van der Waals surface area contributed by atoms with E-state index in [4.69, 9.17) is 4.43 Å². The van der Waals surface area contributed by atoms with E-state index in [2.05, 4.69) is 42.6 Å². The average molecular weight is 286 g/mol. The van der Waals surface area contributed by atoms with Crippen molar-refractivity contribution in [1.29, 1.82) is 0 Å². The molecule has 0 spiro atoms. The second-order valence-electron chi connectivity index (χ2n) is 3.40. The van der Waals surface area contributed by atoms with Crippen molar-refractivity contribution in [3.63, 3.8) is 0 Å². The molecule has 68 valence electrons. The molecular formula is C8H19IOSi. The lowest BCUT2D eigenvalue weighted by molar-refractivity contribution is 0.334. The summed E-state index contributed by atoms with van der Waals surface area (Å²) in [6.45, 7) is 7.82. The maximum absolute atomic E-state index is 5.81. The third-order valence-electron chi connectivity index (χ3n) is 1.70. The normalized spacial score (nSPS) is 12.0. The molecule has 0 unspecified atom stereocenters. The fourth-order valence-corrected chi connectivity index (χ4v) is 3.63. The van der Waals surface area contributed by atoms with Crippen LogP contribution in [0.4, 0.5) is 0 Å². The number of alkyl halides is 1. The minimum atomic E-state index is -1.25. The fraction of sp³-hybridized carbons (Fsp3) is 1.00. The molecule has 0 heterocycles. The van der Waals surface area contributed by atoms with E-state index in [1.165, 1.54) is 18.9 Å². The Morgan fingerprint density at radius 2 is 2.00 bits per heavy atom. The SMILES string of the molecule is CCCC[Si](C)(C)OCCI. The van der Waals surface area contributed by atoms with Gasteiger partial charge in [0, 0.05) is 11.0 Å². The molecule has 0 rings (SSSR count). The number of halogens is 1. The summed E-state index contributed by atoms with van der Waals surface area (Å²) in [4.78, 5) is 0. The van der Waals surface area contributed by atoms with E-state index in [9.17, 15) is 0 Å². The van der Waals surface area contributed by atoms with Crippen molar-refractivity contribution in [2.45, 2.75) is 38.9 Å². The molecule has 11 heavy (non-hydrogen) atoms. The van der Waals surface area contributed by atoms with E-state index in [0.29, 0.717) is 0 Å². The largest absolute Gasteiger partial charge is 0.417 e. The van der Waals surface area contributed by atoms with Gasteiger partial charge in [0.2, 0.25) is 0 Å². The van der Waals surface area contributed by atoms with Crippen molar-refractivity contribution < 1.29 is 4.43 Å². The third-order valence-corrected chi connectivity index (χ3v) is 4.69. The molecular weight excluding hydrogens is 267 g/mol. The van der Waals surface area contributed by atoms with Crippen molar-refractivity contribution in [1.82, 2.24) is 0 Å². The van der Waals surface area contributed by atoms with Gasteiger partial charge in [-0.25, -0.2) is 0 Å². The summed E-state index contributed by atoms with van der Waals surface area (Å²) in [7, 11) is -1.25. The maximum Gasteiger partial charge on any atom is 0.186 e. The second-order valence-corrected chi connectivity index (χ2v) is 8.79. The minimum Gasteiger partial charge on any atom is -0.417 e. The Bertz CT molecular complexity index is 86.1. The molecule has 3 heteroatoms. The van der Waals surface area contributed by atoms with Gasteiger partial charge in [0.05, 0.1) is 0 Å². The molecule has 0 aliphatic rings. The molecule has 0 saturated carbocycles. The van der Waals surface area contributed by atoms with Gasteiger partial charge in [-0.3, -0.25) is 0 Å². The van der Waals surface area contributed by atoms with Gasteiger partial charge in [-0.1, -0.05) is 42.4 Å². The molecule has 0 fully saturated rings. The number of unbranched alkanes of at least 4 members (excludes halogenated alkanes) is 1. The van der Waals surface area contributed by atoms with Crippen LogP contribution in [-0.4, -0.2) is 19.4 Å². The minimum absolute atomic E-state index is 0.948. The lowest BCUT2D eigenvalue weighted by atomic mass is 10.4. The van der Waals surface area contributed by atoms with Crippen LogP contribution in [0.2, 0.25) is 19.1 Å². The highest BCUT2D eigenvalue weighted by Gasteiger charge is 2.20. The Balaban J connectivity index is 3.43. The lowest BCUT2D eigenvalue weighted by Crippen LogP contribution is -2.30. The number of rotatable bonds is 6. The molecule has 0 amide bonds.